The van der Waals surface area contributed by atoms with Crippen LogP contribution in [-0.2, 0) is 4.79 Å². The highest BCUT2D eigenvalue weighted by Gasteiger charge is 2.24. The van der Waals surface area contributed by atoms with Gasteiger partial charge in [-0.1, -0.05) is 80.4 Å². The fourth-order valence-electron chi connectivity index (χ4n) is 3.81. The van der Waals surface area contributed by atoms with Crippen molar-refractivity contribution < 1.29 is 10.1 Å². The Hall–Kier alpha value is -2.13. The molecule has 3 N–H and O–H groups in total. The minimum absolute atomic E-state index is 0.149. The third-order valence-corrected chi connectivity index (χ3v) is 5.31. The van der Waals surface area contributed by atoms with Gasteiger partial charge in [0, 0.05) is 17.2 Å². The van der Waals surface area contributed by atoms with Crippen LogP contribution in [0.5, 0.6) is 0 Å². The molecule has 0 spiro atoms. The lowest BCUT2D eigenvalue weighted by molar-refractivity contribution is -0.676. The molecular formula is C22H29N2O+. The molecule has 2 atom stereocenters. The molecule has 0 radical (unpaired) electrons. The molecular weight excluding hydrogens is 308 g/mol. The van der Waals surface area contributed by atoms with Crippen molar-refractivity contribution in [2.75, 3.05) is 6.54 Å². The van der Waals surface area contributed by atoms with Gasteiger partial charge < -0.3 is 10.6 Å². The van der Waals surface area contributed by atoms with Gasteiger partial charge in [-0.2, -0.15) is 0 Å². The summed E-state index contributed by atoms with van der Waals surface area (Å²) in [4.78, 5) is 12.5. The first-order valence-electron chi connectivity index (χ1n) is 9.46. The summed E-state index contributed by atoms with van der Waals surface area (Å²) in [6.45, 7) is 2.71. The third kappa shape index (κ3) is 4.93. The molecule has 2 aromatic carbocycles. The number of carbonyl (C=O) groups is 1. The molecule has 0 aliphatic heterocycles. The van der Waals surface area contributed by atoms with Gasteiger partial charge in [0.25, 0.3) is 5.91 Å². The van der Waals surface area contributed by atoms with E-state index in [2.05, 4.69) is 66.1 Å². The van der Waals surface area contributed by atoms with Gasteiger partial charge in [0.15, 0.2) is 6.54 Å². The monoisotopic (exact) mass is 337 g/mol. The summed E-state index contributed by atoms with van der Waals surface area (Å²) in [6.07, 6.45) is 4.87. The van der Waals surface area contributed by atoms with Crippen LogP contribution in [0.2, 0.25) is 0 Å². The number of nitrogens with one attached hydrogen (secondary N) is 1. The summed E-state index contributed by atoms with van der Waals surface area (Å²) in [6, 6.07) is 21.3. The number of hydrogen-bond acceptors (Lipinski definition) is 1. The van der Waals surface area contributed by atoms with Gasteiger partial charge in [-0.25, -0.2) is 0 Å². The Morgan fingerprint density at radius 1 is 1.00 bits per heavy atom. The van der Waals surface area contributed by atoms with Crippen LogP contribution in [0.4, 0.5) is 0 Å². The van der Waals surface area contributed by atoms with Crippen LogP contribution in [0.3, 0.4) is 0 Å². The van der Waals surface area contributed by atoms with E-state index in [1.165, 1.54) is 30.4 Å². The molecule has 0 saturated heterocycles. The van der Waals surface area contributed by atoms with E-state index in [0.29, 0.717) is 18.5 Å². The van der Waals surface area contributed by atoms with Crippen molar-refractivity contribution in [2.24, 2.45) is 5.92 Å². The first-order chi connectivity index (χ1) is 12.2. The van der Waals surface area contributed by atoms with E-state index in [9.17, 15) is 4.79 Å². The second kappa shape index (κ2) is 8.82. The van der Waals surface area contributed by atoms with Gasteiger partial charge in [0.2, 0.25) is 0 Å². The maximum atomic E-state index is 12.5. The molecule has 1 saturated carbocycles. The summed E-state index contributed by atoms with van der Waals surface area (Å²) in [5.41, 5.74) is 2.46. The molecule has 3 heteroatoms. The Kier molecular flexibility index (Phi) is 6.24. The van der Waals surface area contributed by atoms with Crippen molar-refractivity contribution >= 4 is 5.91 Å². The van der Waals surface area contributed by atoms with Crippen LogP contribution in [0.15, 0.2) is 60.7 Å². The standard InChI is InChI=1S/C22H28N2O/c1-17-10-8-9-15-20(17)24-21(25)16-23-22(18-11-4-2-5-12-18)19-13-6-3-7-14-19/h2-7,11-14,17,20,22-23H,8-10,15-16H2,1H3,(H,24,25)/p+1/t17-,20-/m1/s1. The van der Waals surface area contributed by atoms with Crippen LogP contribution in [0, 0.1) is 5.92 Å². The SMILES string of the molecule is C[C@@H]1CCCC[C@H]1NC(=O)C[NH2+]C(c1ccccc1)c1ccccc1. The van der Waals surface area contributed by atoms with E-state index in [4.69, 9.17) is 0 Å². The van der Waals surface area contributed by atoms with E-state index in [-0.39, 0.29) is 11.9 Å². The zero-order chi connectivity index (χ0) is 17.5. The van der Waals surface area contributed by atoms with Crippen molar-refractivity contribution in [1.29, 1.82) is 0 Å². The van der Waals surface area contributed by atoms with E-state index in [0.717, 1.165) is 6.42 Å². The van der Waals surface area contributed by atoms with E-state index < -0.39 is 0 Å². The van der Waals surface area contributed by atoms with Crippen LogP contribution in [0.1, 0.15) is 49.8 Å². The highest BCUT2D eigenvalue weighted by atomic mass is 16.2. The normalized spacial score (nSPS) is 20.4. The lowest BCUT2D eigenvalue weighted by atomic mass is 9.86. The second-order valence-corrected chi connectivity index (χ2v) is 7.17. The third-order valence-electron chi connectivity index (χ3n) is 5.31. The van der Waals surface area contributed by atoms with Gasteiger partial charge in [0.1, 0.15) is 6.04 Å². The number of carbonyl (C=O) groups excluding carboxylic acids is 1. The minimum atomic E-state index is 0.149. The number of rotatable bonds is 6. The Morgan fingerprint density at radius 3 is 2.12 bits per heavy atom. The van der Waals surface area contributed by atoms with Crippen molar-refractivity contribution in [3.63, 3.8) is 0 Å². The molecule has 0 heterocycles. The molecule has 3 rings (SSSR count). The van der Waals surface area contributed by atoms with Gasteiger partial charge >= 0.3 is 0 Å². The van der Waals surface area contributed by atoms with E-state index in [1.807, 2.05) is 12.1 Å². The molecule has 0 unspecified atom stereocenters. The molecule has 3 nitrogen and oxygen atoms in total. The Labute approximate surface area is 150 Å². The highest BCUT2D eigenvalue weighted by Crippen LogP contribution is 2.23. The summed E-state index contributed by atoms with van der Waals surface area (Å²) in [7, 11) is 0. The van der Waals surface area contributed by atoms with E-state index >= 15 is 0 Å². The minimum Gasteiger partial charge on any atom is -0.348 e. The van der Waals surface area contributed by atoms with Crippen LogP contribution in [0.25, 0.3) is 0 Å². The molecule has 25 heavy (non-hydrogen) atoms. The molecule has 1 aliphatic carbocycles. The quantitative estimate of drug-likeness (QED) is 0.836. The molecule has 1 fully saturated rings. The molecule has 0 bridgehead atoms. The van der Waals surface area contributed by atoms with Gasteiger partial charge in [-0.3, -0.25) is 4.79 Å². The number of nitrogens with two attached hydrogens (primary N) is 1. The second-order valence-electron chi connectivity index (χ2n) is 7.17. The van der Waals surface area contributed by atoms with Crippen LogP contribution < -0.4 is 10.6 Å². The fraction of sp³-hybridized carbons (Fsp3) is 0.409. The maximum absolute atomic E-state index is 12.5. The number of benzene rings is 2. The Morgan fingerprint density at radius 2 is 1.56 bits per heavy atom. The zero-order valence-electron chi connectivity index (χ0n) is 15.0. The first-order valence-corrected chi connectivity index (χ1v) is 9.46. The lowest BCUT2D eigenvalue weighted by Crippen LogP contribution is -2.88. The largest absolute Gasteiger partial charge is 0.348 e. The predicted octanol–water partition coefficient (Wildman–Crippen LogP) is 3.03. The zero-order valence-corrected chi connectivity index (χ0v) is 15.0. The fourth-order valence-corrected chi connectivity index (χ4v) is 3.81. The highest BCUT2D eigenvalue weighted by molar-refractivity contribution is 5.77. The van der Waals surface area contributed by atoms with Crippen LogP contribution >= 0.6 is 0 Å². The van der Waals surface area contributed by atoms with Gasteiger partial charge in [-0.05, 0) is 18.8 Å². The molecule has 132 valence electrons. The number of quaternary nitrogens is 1. The lowest BCUT2D eigenvalue weighted by Gasteiger charge is -2.29. The smallest absolute Gasteiger partial charge is 0.275 e. The summed E-state index contributed by atoms with van der Waals surface area (Å²) in [5, 5.41) is 5.40. The van der Waals surface area contributed by atoms with Crippen molar-refractivity contribution in [2.45, 2.75) is 44.7 Å². The predicted molar refractivity (Wildman–Crippen MR) is 101 cm³/mol. The van der Waals surface area contributed by atoms with E-state index in [1.54, 1.807) is 0 Å². The average Bonchev–Trinajstić information content (AvgIpc) is 2.66. The van der Waals surface area contributed by atoms with Crippen molar-refractivity contribution in [3.05, 3.63) is 71.8 Å². The summed E-state index contributed by atoms with van der Waals surface area (Å²) >= 11 is 0. The van der Waals surface area contributed by atoms with Gasteiger partial charge in [0.05, 0.1) is 0 Å². The van der Waals surface area contributed by atoms with Crippen molar-refractivity contribution in [1.82, 2.24) is 5.32 Å². The van der Waals surface area contributed by atoms with Crippen molar-refractivity contribution in [3.8, 4) is 0 Å². The molecule has 1 aliphatic rings. The average molecular weight is 337 g/mol. The van der Waals surface area contributed by atoms with Crippen LogP contribution in [-0.4, -0.2) is 18.5 Å². The molecule has 2 aromatic rings. The summed E-state index contributed by atoms with van der Waals surface area (Å²) < 4.78 is 0. The Bertz CT molecular complexity index is 617. The molecule has 0 aromatic heterocycles. The topological polar surface area (TPSA) is 45.7 Å². The summed E-state index contributed by atoms with van der Waals surface area (Å²) in [5.74, 6) is 0.743. The number of hydrogen-bond donors (Lipinski definition) is 2. The molecule has 1 amide bonds. The van der Waals surface area contributed by atoms with Gasteiger partial charge in [-0.15, -0.1) is 0 Å². The Balaban J connectivity index is 1.64. The maximum Gasteiger partial charge on any atom is 0.275 e. The number of amides is 1. The first kappa shape index (κ1) is 17.7.